The zero-order chi connectivity index (χ0) is 12.8. The molecule has 1 rings (SSSR count). The van der Waals surface area contributed by atoms with Gasteiger partial charge in [0.15, 0.2) is 0 Å². The number of nitrogen functional groups attached to an aromatic ring is 1. The van der Waals surface area contributed by atoms with Gasteiger partial charge < -0.3 is 11.1 Å². The minimum absolute atomic E-state index is 0.0876. The molecule has 94 valence electrons. The van der Waals surface area contributed by atoms with Crippen LogP contribution in [0.3, 0.4) is 0 Å². The van der Waals surface area contributed by atoms with Crippen LogP contribution in [0, 0.1) is 0 Å². The Labute approximate surface area is 106 Å². The molecule has 1 atom stereocenters. The van der Waals surface area contributed by atoms with Crippen molar-refractivity contribution < 1.29 is 4.79 Å². The van der Waals surface area contributed by atoms with Crippen molar-refractivity contribution in [1.82, 2.24) is 10.3 Å². The summed E-state index contributed by atoms with van der Waals surface area (Å²) in [7, 11) is 0. The highest BCUT2D eigenvalue weighted by molar-refractivity contribution is 7.98. The zero-order valence-corrected chi connectivity index (χ0v) is 11.3. The minimum atomic E-state index is -0.0876. The molecule has 1 amide bonds. The molecule has 1 heterocycles. The van der Waals surface area contributed by atoms with E-state index in [0.717, 1.165) is 17.9 Å². The third-order valence-electron chi connectivity index (χ3n) is 2.32. The van der Waals surface area contributed by atoms with Gasteiger partial charge in [-0.3, -0.25) is 4.79 Å². The monoisotopic (exact) mass is 253 g/mol. The first-order chi connectivity index (χ1) is 8.06. The summed E-state index contributed by atoms with van der Waals surface area (Å²) < 4.78 is 0. The fourth-order valence-corrected chi connectivity index (χ4v) is 2.11. The maximum Gasteiger partial charge on any atom is 0.251 e. The van der Waals surface area contributed by atoms with Crippen LogP contribution < -0.4 is 11.1 Å². The van der Waals surface area contributed by atoms with Crippen LogP contribution in [-0.4, -0.2) is 28.9 Å². The first kappa shape index (κ1) is 13.8. The molecular weight excluding hydrogens is 234 g/mol. The number of aryl methyl sites for hydroxylation is 1. The van der Waals surface area contributed by atoms with Gasteiger partial charge in [-0.2, -0.15) is 11.8 Å². The second-order valence-corrected chi connectivity index (χ2v) is 4.87. The van der Waals surface area contributed by atoms with E-state index in [1.807, 2.05) is 20.1 Å². The summed E-state index contributed by atoms with van der Waals surface area (Å²) >= 11 is 1.71. The Kier molecular flexibility index (Phi) is 5.28. The molecule has 0 fully saturated rings. The van der Waals surface area contributed by atoms with Crippen LogP contribution in [-0.2, 0) is 6.42 Å². The number of rotatable bonds is 5. The molecule has 0 aromatic carbocycles. The number of hydrogen-bond acceptors (Lipinski definition) is 4. The molecule has 0 spiro atoms. The molecule has 1 aromatic heterocycles. The van der Waals surface area contributed by atoms with Crippen molar-refractivity contribution in [1.29, 1.82) is 0 Å². The van der Waals surface area contributed by atoms with Crippen molar-refractivity contribution in [3.8, 4) is 0 Å². The van der Waals surface area contributed by atoms with Crippen LogP contribution in [0.5, 0.6) is 0 Å². The minimum Gasteiger partial charge on any atom is -0.384 e. The molecule has 1 unspecified atom stereocenters. The summed E-state index contributed by atoms with van der Waals surface area (Å²) in [6.45, 7) is 3.97. The van der Waals surface area contributed by atoms with E-state index in [1.54, 1.807) is 23.9 Å². The van der Waals surface area contributed by atoms with Crippen molar-refractivity contribution >= 4 is 23.5 Å². The lowest BCUT2D eigenvalue weighted by Crippen LogP contribution is -2.34. The normalized spacial score (nSPS) is 12.2. The van der Waals surface area contributed by atoms with E-state index in [1.165, 1.54) is 0 Å². The number of hydrogen-bond donors (Lipinski definition) is 2. The molecule has 0 aliphatic rings. The second kappa shape index (κ2) is 6.49. The van der Waals surface area contributed by atoms with Crippen LogP contribution in [0.15, 0.2) is 12.1 Å². The van der Waals surface area contributed by atoms with Gasteiger partial charge in [-0.1, -0.05) is 6.92 Å². The van der Waals surface area contributed by atoms with Gasteiger partial charge in [0.25, 0.3) is 5.91 Å². The van der Waals surface area contributed by atoms with Crippen LogP contribution in [0.1, 0.15) is 29.9 Å². The highest BCUT2D eigenvalue weighted by Gasteiger charge is 2.11. The molecule has 17 heavy (non-hydrogen) atoms. The Morgan fingerprint density at radius 3 is 2.88 bits per heavy atom. The summed E-state index contributed by atoms with van der Waals surface area (Å²) in [5.41, 5.74) is 7.09. The quantitative estimate of drug-likeness (QED) is 0.838. The van der Waals surface area contributed by atoms with Crippen LogP contribution in [0.25, 0.3) is 0 Å². The van der Waals surface area contributed by atoms with Gasteiger partial charge in [0, 0.05) is 23.1 Å². The van der Waals surface area contributed by atoms with E-state index in [0.29, 0.717) is 11.4 Å². The maximum atomic E-state index is 11.9. The zero-order valence-electron chi connectivity index (χ0n) is 10.5. The smallest absolute Gasteiger partial charge is 0.251 e. The maximum absolute atomic E-state index is 11.9. The number of thioether (sulfide) groups is 1. The number of nitrogens with two attached hydrogens (primary N) is 1. The predicted octanol–water partition coefficient (Wildman–Crippen LogP) is 1.71. The van der Waals surface area contributed by atoms with Gasteiger partial charge in [0.2, 0.25) is 0 Å². The van der Waals surface area contributed by atoms with Gasteiger partial charge in [-0.15, -0.1) is 0 Å². The Morgan fingerprint density at radius 2 is 2.29 bits per heavy atom. The highest BCUT2D eigenvalue weighted by atomic mass is 32.2. The number of nitrogens with one attached hydrogen (secondary N) is 1. The first-order valence-corrected chi connectivity index (χ1v) is 7.02. The Balaban J connectivity index is 2.78. The summed E-state index contributed by atoms with van der Waals surface area (Å²) in [6, 6.07) is 3.55. The van der Waals surface area contributed by atoms with E-state index >= 15 is 0 Å². The Bertz CT molecular complexity index is 395. The fourth-order valence-electron chi connectivity index (χ4n) is 1.52. The number of nitrogens with zero attached hydrogens (tertiary/aromatic N) is 1. The summed E-state index contributed by atoms with van der Waals surface area (Å²) in [4.78, 5) is 16.1. The van der Waals surface area contributed by atoms with E-state index in [2.05, 4.69) is 10.3 Å². The number of anilines is 1. The lowest BCUT2D eigenvalue weighted by Gasteiger charge is -2.13. The van der Waals surface area contributed by atoms with E-state index in [9.17, 15) is 4.79 Å². The number of aromatic nitrogens is 1. The van der Waals surface area contributed by atoms with Crippen LogP contribution in [0.2, 0.25) is 0 Å². The van der Waals surface area contributed by atoms with Crippen molar-refractivity contribution in [2.45, 2.75) is 26.3 Å². The van der Waals surface area contributed by atoms with Crippen molar-refractivity contribution in [3.05, 3.63) is 23.4 Å². The lowest BCUT2D eigenvalue weighted by molar-refractivity contribution is 0.0943. The molecule has 0 saturated heterocycles. The third kappa shape index (κ3) is 4.26. The van der Waals surface area contributed by atoms with Gasteiger partial charge in [0.1, 0.15) is 5.82 Å². The molecule has 0 bridgehead atoms. The van der Waals surface area contributed by atoms with Crippen molar-refractivity contribution in [3.63, 3.8) is 0 Å². The molecule has 0 aliphatic heterocycles. The Hall–Kier alpha value is -1.23. The lowest BCUT2D eigenvalue weighted by atomic mass is 10.1. The summed E-state index contributed by atoms with van der Waals surface area (Å²) in [6.07, 6.45) is 2.79. The van der Waals surface area contributed by atoms with Gasteiger partial charge >= 0.3 is 0 Å². The van der Waals surface area contributed by atoms with Gasteiger partial charge in [-0.25, -0.2) is 4.98 Å². The average molecular weight is 253 g/mol. The topological polar surface area (TPSA) is 68.0 Å². The number of carbonyl (C=O) groups excluding carboxylic acids is 1. The predicted molar refractivity (Wildman–Crippen MR) is 73.3 cm³/mol. The average Bonchev–Trinajstić information content (AvgIpc) is 2.28. The summed E-state index contributed by atoms with van der Waals surface area (Å²) in [5, 5.41) is 2.93. The highest BCUT2D eigenvalue weighted by Crippen LogP contribution is 2.09. The number of carbonyl (C=O) groups is 1. The molecule has 1 aromatic rings. The van der Waals surface area contributed by atoms with Gasteiger partial charge in [-0.05, 0) is 31.7 Å². The largest absolute Gasteiger partial charge is 0.384 e. The fraction of sp³-hybridized carbons (Fsp3) is 0.500. The molecule has 4 nitrogen and oxygen atoms in total. The van der Waals surface area contributed by atoms with Crippen molar-refractivity contribution in [2.24, 2.45) is 0 Å². The number of amides is 1. The van der Waals surface area contributed by atoms with Crippen LogP contribution in [0.4, 0.5) is 5.82 Å². The first-order valence-electron chi connectivity index (χ1n) is 5.63. The Morgan fingerprint density at radius 1 is 1.59 bits per heavy atom. The SMILES string of the molecule is CCc1cc(C(=O)NC(C)CSC)cc(N)n1. The van der Waals surface area contributed by atoms with Crippen LogP contribution >= 0.6 is 11.8 Å². The summed E-state index contributed by atoms with van der Waals surface area (Å²) in [5.74, 6) is 1.20. The molecule has 3 N–H and O–H groups in total. The standard InChI is InChI=1S/C12H19N3OS/c1-4-10-5-9(6-11(13)15-10)12(16)14-8(2)7-17-3/h5-6,8H,4,7H2,1-3H3,(H2,13,15)(H,14,16). The van der Waals surface area contributed by atoms with E-state index < -0.39 is 0 Å². The van der Waals surface area contributed by atoms with E-state index in [4.69, 9.17) is 5.73 Å². The molecule has 0 radical (unpaired) electrons. The molecular formula is C12H19N3OS. The van der Waals surface area contributed by atoms with Gasteiger partial charge in [0.05, 0.1) is 0 Å². The molecule has 0 saturated carbocycles. The molecule has 5 heteroatoms. The third-order valence-corrected chi connectivity index (χ3v) is 3.15. The second-order valence-electron chi connectivity index (χ2n) is 3.96. The van der Waals surface area contributed by atoms with Crippen molar-refractivity contribution in [2.75, 3.05) is 17.7 Å². The van der Waals surface area contributed by atoms with E-state index in [-0.39, 0.29) is 11.9 Å². The number of pyridine rings is 1. The molecule has 0 aliphatic carbocycles.